The van der Waals surface area contributed by atoms with Crippen LogP contribution < -0.4 is 0 Å². The van der Waals surface area contributed by atoms with Crippen LogP contribution in [0.2, 0.25) is 0 Å². The number of ketones is 1. The molecule has 0 aromatic carbocycles. The van der Waals surface area contributed by atoms with E-state index in [1.807, 2.05) is 13.8 Å². The van der Waals surface area contributed by atoms with Crippen LogP contribution >= 0.6 is 0 Å². The number of carbonyl (C=O) groups excluding carboxylic acids is 2. The van der Waals surface area contributed by atoms with E-state index in [-0.39, 0.29) is 35.6 Å². The van der Waals surface area contributed by atoms with Crippen LogP contribution in [0.5, 0.6) is 0 Å². The van der Waals surface area contributed by atoms with Crippen LogP contribution in [0.1, 0.15) is 26.7 Å². The largest absolute Gasteiger partial charge is 0.469 e. The van der Waals surface area contributed by atoms with Crippen molar-refractivity contribution in [2.24, 2.45) is 29.6 Å². The van der Waals surface area contributed by atoms with Gasteiger partial charge in [0.05, 0.1) is 13.0 Å². The Labute approximate surface area is 102 Å². The summed E-state index contributed by atoms with van der Waals surface area (Å²) in [4.78, 5) is 23.9. The molecule has 3 aliphatic carbocycles. The summed E-state index contributed by atoms with van der Waals surface area (Å²) in [6.45, 7) is 7.91. The smallest absolute Gasteiger partial charge is 0.308 e. The van der Waals surface area contributed by atoms with Gasteiger partial charge in [-0.05, 0) is 31.6 Å². The molecule has 4 unspecified atom stereocenters. The number of esters is 1. The lowest BCUT2D eigenvalue weighted by Gasteiger charge is -2.48. The van der Waals surface area contributed by atoms with Crippen molar-refractivity contribution in [1.29, 1.82) is 0 Å². The summed E-state index contributed by atoms with van der Waals surface area (Å²) in [5, 5.41) is 0. The number of rotatable bonds is 2. The van der Waals surface area contributed by atoms with E-state index in [0.29, 0.717) is 12.2 Å². The monoisotopic (exact) mass is 236 g/mol. The fourth-order valence-electron chi connectivity index (χ4n) is 3.62. The van der Waals surface area contributed by atoms with Crippen LogP contribution in [0.4, 0.5) is 0 Å². The maximum Gasteiger partial charge on any atom is 0.308 e. The highest BCUT2D eigenvalue weighted by Crippen LogP contribution is 2.51. The average Bonchev–Trinajstić information content (AvgIpc) is 2.32. The first kappa shape index (κ1) is 12.3. The van der Waals surface area contributed by atoms with E-state index in [1.54, 1.807) is 0 Å². The third kappa shape index (κ3) is 1.81. The molecule has 2 bridgehead atoms. The van der Waals surface area contributed by atoms with Crippen molar-refractivity contribution < 1.29 is 14.3 Å². The third-order valence-corrected chi connectivity index (χ3v) is 4.63. The van der Waals surface area contributed by atoms with Crippen molar-refractivity contribution >= 4 is 11.8 Å². The standard InChI is InChI=1S/C14H20O3/c1-7(2)9-5-10-8(3)13(15)11(9)6-12(10)14(16)17-4/h8-12H,1,5-6H2,2-4H3/t8-,9?,10?,11?,12?/m0/s1. The molecule has 0 heterocycles. The second-order valence-corrected chi connectivity index (χ2v) is 5.52. The molecule has 3 nitrogen and oxygen atoms in total. The van der Waals surface area contributed by atoms with Crippen molar-refractivity contribution in [1.82, 2.24) is 0 Å². The van der Waals surface area contributed by atoms with E-state index < -0.39 is 0 Å². The Morgan fingerprint density at radius 3 is 2.53 bits per heavy atom. The first-order valence-corrected chi connectivity index (χ1v) is 6.24. The Morgan fingerprint density at radius 1 is 1.35 bits per heavy atom. The molecule has 0 saturated heterocycles. The summed E-state index contributed by atoms with van der Waals surface area (Å²) >= 11 is 0. The van der Waals surface area contributed by atoms with Crippen LogP contribution in [0.3, 0.4) is 0 Å². The number of hydrogen-bond donors (Lipinski definition) is 0. The molecular weight excluding hydrogens is 216 g/mol. The molecule has 3 saturated carbocycles. The lowest BCUT2D eigenvalue weighted by molar-refractivity contribution is -0.159. The normalized spacial score (nSPS) is 40.2. The van der Waals surface area contributed by atoms with Gasteiger partial charge in [-0.15, -0.1) is 0 Å². The Kier molecular flexibility index (Phi) is 3.11. The SMILES string of the molecule is C=C(C)C1CC2C(C(=O)OC)CC1C(=O)[C@H]2C. The highest BCUT2D eigenvalue weighted by atomic mass is 16.5. The minimum absolute atomic E-state index is 0.00606. The van der Waals surface area contributed by atoms with Crippen LogP contribution in [0.15, 0.2) is 12.2 Å². The van der Waals surface area contributed by atoms with Gasteiger partial charge in [-0.25, -0.2) is 0 Å². The number of carbonyl (C=O) groups is 2. The van der Waals surface area contributed by atoms with E-state index in [0.717, 1.165) is 12.0 Å². The van der Waals surface area contributed by atoms with E-state index in [9.17, 15) is 9.59 Å². The summed E-state index contributed by atoms with van der Waals surface area (Å²) in [5.41, 5.74) is 1.07. The summed E-state index contributed by atoms with van der Waals surface area (Å²) in [6.07, 6.45) is 1.56. The van der Waals surface area contributed by atoms with Crippen molar-refractivity contribution in [3.63, 3.8) is 0 Å². The molecule has 5 atom stereocenters. The maximum absolute atomic E-state index is 12.2. The summed E-state index contributed by atoms with van der Waals surface area (Å²) in [5.74, 6) is 0.457. The minimum atomic E-state index is -0.153. The van der Waals surface area contributed by atoms with Gasteiger partial charge in [0.1, 0.15) is 5.78 Å². The summed E-state index contributed by atoms with van der Waals surface area (Å²) in [7, 11) is 1.42. The van der Waals surface area contributed by atoms with Gasteiger partial charge < -0.3 is 4.74 Å². The minimum Gasteiger partial charge on any atom is -0.469 e. The number of methoxy groups -OCH3 is 1. The van der Waals surface area contributed by atoms with Gasteiger partial charge in [0.25, 0.3) is 0 Å². The molecule has 0 N–H and O–H groups in total. The summed E-state index contributed by atoms with van der Waals surface area (Å²) in [6, 6.07) is 0. The number of ether oxygens (including phenoxy) is 1. The van der Waals surface area contributed by atoms with Crippen LogP contribution in [0.25, 0.3) is 0 Å². The Balaban J connectivity index is 2.26. The fraction of sp³-hybridized carbons (Fsp3) is 0.714. The van der Waals surface area contributed by atoms with Crippen molar-refractivity contribution in [3.05, 3.63) is 12.2 Å². The Morgan fingerprint density at radius 2 is 2.00 bits per heavy atom. The van der Waals surface area contributed by atoms with Crippen LogP contribution in [-0.2, 0) is 14.3 Å². The Bertz CT molecular complexity index is 372. The van der Waals surface area contributed by atoms with Gasteiger partial charge in [-0.2, -0.15) is 0 Å². The zero-order chi connectivity index (χ0) is 12.7. The van der Waals surface area contributed by atoms with Gasteiger partial charge in [-0.1, -0.05) is 19.1 Å². The molecule has 0 aromatic heterocycles. The van der Waals surface area contributed by atoms with Crippen LogP contribution in [0, 0.1) is 29.6 Å². The predicted octanol–water partition coefficient (Wildman–Crippen LogP) is 2.21. The number of fused-ring (bicyclic) bond motifs is 3. The van der Waals surface area contributed by atoms with E-state index >= 15 is 0 Å². The second kappa shape index (κ2) is 4.28. The summed E-state index contributed by atoms with van der Waals surface area (Å²) < 4.78 is 4.85. The Hall–Kier alpha value is -1.12. The van der Waals surface area contributed by atoms with Crippen molar-refractivity contribution in [2.45, 2.75) is 26.7 Å². The number of hydrogen-bond acceptors (Lipinski definition) is 3. The molecule has 3 heteroatoms. The second-order valence-electron chi connectivity index (χ2n) is 5.52. The molecule has 3 rings (SSSR count). The first-order chi connectivity index (χ1) is 7.97. The maximum atomic E-state index is 12.2. The van der Waals surface area contributed by atoms with Gasteiger partial charge in [0.2, 0.25) is 0 Å². The highest BCUT2D eigenvalue weighted by molar-refractivity contribution is 5.88. The topological polar surface area (TPSA) is 43.4 Å². The molecule has 94 valence electrons. The lowest BCUT2D eigenvalue weighted by atomic mass is 9.54. The fourth-order valence-corrected chi connectivity index (χ4v) is 3.62. The van der Waals surface area contributed by atoms with Crippen molar-refractivity contribution in [2.75, 3.05) is 7.11 Å². The van der Waals surface area contributed by atoms with Gasteiger partial charge in [0.15, 0.2) is 0 Å². The third-order valence-electron chi connectivity index (χ3n) is 4.63. The average molecular weight is 236 g/mol. The van der Waals surface area contributed by atoms with E-state index in [2.05, 4.69) is 6.58 Å². The molecule has 0 aromatic rings. The molecule has 3 aliphatic rings. The molecule has 0 amide bonds. The van der Waals surface area contributed by atoms with Gasteiger partial charge in [-0.3, -0.25) is 9.59 Å². The predicted molar refractivity (Wildman–Crippen MR) is 64.2 cm³/mol. The zero-order valence-electron chi connectivity index (χ0n) is 10.7. The molecule has 3 fully saturated rings. The quantitative estimate of drug-likeness (QED) is 0.545. The van der Waals surface area contributed by atoms with Crippen LogP contribution in [-0.4, -0.2) is 18.9 Å². The van der Waals surface area contributed by atoms with Crippen molar-refractivity contribution in [3.8, 4) is 0 Å². The zero-order valence-corrected chi connectivity index (χ0v) is 10.7. The van der Waals surface area contributed by atoms with E-state index in [1.165, 1.54) is 7.11 Å². The molecule has 0 radical (unpaired) electrons. The molecule has 0 aliphatic heterocycles. The number of allylic oxidation sites excluding steroid dienone is 1. The molecular formula is C14H20O3. The van der Waals surface area contributed by atoms with Gasteiger partial charge in [0, 0.05) is 11.8 Å². The van der Waals surface area contributed by atoms with Gasteiger partial charge >= 0.3 is 5.97 Å². The highest BCUT2D eigenvalue weighted by Gasteiger charge is 2.53. The lowest BCUT2D eigenvalue weighted by Crippen LogP contribution is -2.51. The first-order valence-electron chi connectivity index (χ1n) is 6.24. The molecule has 17 heavy (non-hydrogen) atoms. The molecule has 0 spiro atoms. The van der Waals surface area contributed by atoms with E-state index in [4.69, 9.17) is 4.74 Å². The number of Topliss-reactive ketones (excluding diaryl/α,β-unsaturated/α-hetero) is 1.